The minimum absolute atomic E-state index is 0.271. The zero-order valence-corrected chi connectivity index (χ0v) is 21.1. The molecule has 0 radical (unpaired) electrons. The monoisotopic (exact) mass is 505 g/mol. The molecule has 3 heterocycles. The molecule has 0 saturated carbocycles. The van der Waals surface area contributed by atoms with E-state index in [1.165, 1.54) is 12.1 Å². The van der Waals surface area contributed by atoms with Gasteiger partial charge in [0.15, 0.2) is 11.5 Å². The van der Waals surface area contributed by atoms with E-state index >= 15 is 0 Å². The SMILES string of the molecule is CCOc1cc(/C=N/Nc2nc(N3CCCC3)nc(N3CCCC3)n2)ccc1OCc1ccc(F)cc1. The Morgan fingerprint density at radius 3 is 2.14 bits per heavy atom. The molecule has 0 aliphatic carbocycles. The first-order valence-corrected chi connectivity index (χ1v) is 12.9. The van der Waals surface area contributed by atoms with E-state index in [2.05, 4.69) is 30.3 Å². The average Bonchev–Trinajstić information content (AvgIpc) is 3.64. The van der Waals surface area contributed by atoms with Crippen molar-refractivity contribution in [2.45, 2.75) is 39.2 Å². The van der Waals surface area contributed by atoms with Crippen molar-refractivity contribution >= 4 is 24.1 Å². The van der Waals surface area contributed by atoms with E-state index in [0.29, 0.717) is 42.6 Å². The van der Waals surface area contributed by atoms with Gasteiger partial charge < -0.3 is 19.3 Å². The average molecular weight is 506 g/mol. The number of anilines is 3. The molecule has 3 aromatic rings. The molecular formula is C27H32FN7O2. The lowest BCUT2D eigenvalue weighted by Gasteiger charge is -2.20. The minimum atomic E-state index is -0.271. The second kappa shape index (κ2) is 11.9. The number of aromatic nitrogens is 3. The van der Waals surface area contributed by atoms with Gasteiger partial charge in [0, 0.05) is 26.2 Å². The summed E-state index contributed by atoms with van der Waals surface area (Å²) in [6.07, 6.45) is 6.30. The molecule has 1 aromatic heterocycles. The molecular weight excluding hydrogens is 473 g/mol. The smallest absolute Gasteiger partial charge is 0.250 e. The van der Waals surface area contributed by atoms with Gasteiger partial charge in [-0.05, 0) is 74.1 Å². The van der Waals surface area contributed by atoms with Crippen molar-refractivity contribution in [1.82, 2.24) is 15.0 Å². The van der Waals surface area contributed by atoms with E-state index in [0.717, 1.165) is 63.0 Å². The lowest BCUT2D eigenvalue weighted by atomic mass is 10.2. The van der Waals surface area contributed by atoms with Gasteiger partial charge in [-0.25, -0.2) is 9.82 Å². The van der Waals surface area contributed by atoms with Crippen LogP contribution in [0.5, 0.6) is 11.5 Å². The number of nitrogens with one attached hydrogen (secondary N) is 1. The number of nitrogens with zero attached hydrogens (tertiary/aromatic N) is 6. The van der Waals surface area contributed by atoms with E-state index in [9.17, 15) is 4.39 Å². The van der Waals surface area contributed by atoms with Crippen molar-refractivity contribution in [2.75, 3.05) is 48.0 Å². The van der Waals surface area contributed by atoms with Crippen LogP contribution in [0.25, 0.3) is 0 Å². The van der Waals surface area contributed by atoms with Gasteiger partial charge in [-0.15, -0.1) is 0 Å². The van der Waals surface area contributed by atoms with Gasteiger partial charge in [-0.3, -0.25) is 0 Å². The number of hydrazone groups is 1. The first kappa shape index (κ1) is 24.7. The third-order valence-corrected chi connectivity index (χ3v) is 6.34. The van der Waals surface area contributed by atoms with Gasteiger partial charge in [0.1, 0.15) is 12.4 Å². The van der Waals surface area contributed by atoms with Gasteiger partial charge in [0.05, 0.1) is 12.8 Å². The topological polar surface area (TPSA) is 88.0 Å². The molecule has 2 aliphatic rings. The summed E-state index contributed by atoms with van der Waals surface area (Å²) >= 11 is 0. The number of halogens is 1. The van der Waals surface area contributed by atoms with Crippen molar-refractivity contribution in [1.29, 1.82) is 0 Å². The van der Waals surface area contributed by atoms with E-state index in [1.807, 2.05) is 25.1 Å². The number of hydrogen-bond acceptors (Lipinski definition) is 9. The van der Waals surface area contributed by atoms with Gasteiger partial charge >= 0.3 is 0 Å². The summed E-state index contributed by atoms with van der Waals surface area (Å²) in [6, 6.07) is 11.9. The second-order valence-corrected chi connectivity index (χ2v) is 9.07. The summed E-state index contributed by atoms with van der Waals surface area (Å²) < 4.78 is 24.9. The predicted molar refractivity (Wildman–Crippen MR) is 142 cm³/mol. The molecule has 2 saturated heterocycles. The lowest BCUT2D eigenvalue weighted by Crippen LogP contribution is -2.25. The normalized spacial score (nSPS) is 15.5. The summed E-state index contributed by atoms with van der Waals surface area (Å²) in [6.45, 7) is 6.57. The van der Waals surface area contributed by atoms with Crippen LogP contribution in [0.4, 0.5) is 22.2 Å². The number of rotatable bonds is 10. The Kier molecular flexibility index (Phi) is 7.93. The van der Waals surface area contributed by atoms with Crippen molar-refractivity contribution in [3.05, 3.63) is 59.4 Å². The highest BCUT2D eigenvalue weighted by molar-refractivity contribution is 5.81. The van der Waals surface area contributed by atoms with Crippen LogP contribution in [0.15, 0.2) is 47.6 Å². The van der Waals surface area contributed by atoms with Crippen molar-refractivity contribution in [3.8, 4) is 11.5 Å². The fourth-order valence-electron chi connectivity index (χ4n) is 4.42. The van der Waals surface area contributed by atoms with E-state index in [4.69, 9.17) is 14.5 Å². The molecule has 2 aromatic carbocycles. The summed E-state index contributed by atoms with van der Waals surface area (Å²) in [5.74, 6) is 2.79. The maximum atomic E-state index is 13.2. The van der Waals surface area contributed by atoms with Crippen LogP contribution in [-0.2, 0) is 6.61 Å². The highest BCUT2D eigenvalue weighted by atomic mass is 19.1. The molecule has 0 amide bonds. The van der Waals surface area contributed by atoms with E-state index in [-0.39, 0.29) is 5.82 Å². The van der Waals surface area contributed by atoms with Gasteiger partial charge in [-0.1, -0.05) is 12.1 Å². The van der Waals surface area contributed by atoms with Crippen LogP contribution >= 0.6 is 0 Å². The molecule has 0 bridgehead atoms. The maximum absolute atomic E-state index is 13.2. The molecule has 9 nitrogen and oxygen atoms in total. The largest absolute Gasteiger partial charge is 0.490 e. The number of benzene rings is 2. The number of ether oxygens (including phenoxy) is 2. The molecule has 0 atom stereocenters. The second-order valence-electron chi connectivity index (χ2n) is 9.07. The van der Waals surface area contributed by atoms with Crippen LogP contribution < -0.4 is 24.7 Å². The highest BCUT2D eigenvalue weighted by Crippen LogP contribution is 2.29. The highest BCUT2D eigenvalue weighted by Gasteiger charge is 2.21. The summed E-state index contributed by atoms with van der Waals surface area (Å²) in [4.78, 5) is 18.4. The van der Waals surface area contributed by atoms with Crippen molar-refractivity contribution in [2.24, 2.45) is 5.10 Å². The summed E-state index contributed by atoms with van der Waals surface area (Å²) in [7, 11) is 0. The van der Waals surface area contributed by atoms with Crippen molar-refractivity contribution in [3.63, 3.8) is 0 Å². The van der Waals surface area contributed by atoms with Crippen LogP contribution in [0.2, 0.25) is 0 Å². The summed E-state index contributed by atoms with van der Waals surface area (Å²) in [5, 5.41) is 4.38. The summed E-state index contributed by atoms with van der Waals surface area (Å²) in [5.41, 5.74) is 4.69. The maximum Gasteiger partial charge on any atom is 0.250 e. The minimum Gasteiger partial charge on any atom is -0.490 e. The molecule has 2 fully saturated rings. The third-order valence-electron chi connectivity index (χ3n) is 6.34. The fourth-order valence-corrected chi connectivity index (χ4v) is 4.42. The van der Waals surface area contributed by atoms with Gasteiger partial charge in [0.2, 0.25) is 17.8 Å². The quantitative estimate of drug-likeness (QED) is 0.315. The Morgan fingerprint density at radius 1 is 0.865 bits per heavy atom. The Bertz CT molecular complexity index is 1180. The molecule has 0 spiro atoms. The van der Waals surface area contributed by atoms with Crippen LogP contribution in [0, 0.1) is 5.82 Å². The van der Waals surface area contributed by atoms with Crippen LogP contribution in [0.3, 0.4) is 0 Å². The molecule has 37 heavy (non-hydrogen) atoms. The van der Waals surface area contributed by atoms with E-state index in [1.54, 1.807) is 18.3 Å². The molecule has 1 N–H and O–H groups in total. The Labute approximate surface area is 216 Å². The zero-order chi connectivity index (χ0) is 25.5. The van der Waals surface area contributed by atoms with Crippen molar-refractivity contribution < 1.29 is 13.9 Å². The Balaban J connectivity index is 1.28. The molecule has 0 unspecified atom stereocenters. The lowest BCUT2D eigenvalue weighted by molar-refractivity contribution is 0.269. The standard InChI is InChI=1S/C27H32FN7O2/c1-2-36-24-17-21(9-12-23(24)37-19-20-7-10-22(28)11-8-20)18-29-33-25-30-26(34-13-3-4-14-34)32-27(31-25)35-15-5-6-16-35/h7-12,17-18H,2-6,13-16,19H2,1H3,(H,30,31,32,33)/b29-18+. The third kappa shape index (κ3) is 6.44. The predicted octanol–water partition coefficient (Wildman–Crippen LogP) is 4.63. The molecule has 10 heteroatoms. The van der Waals surface area contributed by atoms with Crippen LogP contribution in [0.1, 0.15) is 43.7 Å². The first-order valence-electron chi connectivity index (χ1n) is 12.9. The zero-order valence-electron chi connectivity index (χ0n) is 21.1. The van der Waals surface area contributed by atoms with Crippen LogP contribution in [-0.4, -0.2) is 54.0 Å². The Morgan fingerprint density at radius 2 is 1.51 bits per heavy atom. The fraction of sp³-hybridized carbons (Fsp3) is 0.407. The Hall–Kier alpha value is -3.95. The number of hydrogen-bond donors (Lipinski definition) is 1. The molecule has 194 valence electrons. The molecule has 2 aliphatic heterocycles. The van der Waals surface area contributed by atoms with Gasteiger partial charge in [-0.2, -0.15) is 20.1 Å². The van der Waals surface area contributed by atoms with E-state index < -0.39 is 0 Å². The first-order chi connectivity index (χ1) is 18.2. The van der Waals surface area contributed by atoms with Gasteiger partial charge in [0.25, 0.3) is 0 Å². The molecule has 5 rings (SSSR count).